The zero-order valence-electron chi connectivity index (χ0n) is 14.9. The highest BCUT2D eigenvalue weighted by Crippen LogP contribution is 2.33. The van der Waals surface area contributed by atoms with Crippen LogP contribution in [0.4, 0.5) is 5.69 Å². The van der Waals surface area contributed by atoms with Crippen molar-refractivity contribution in [3.63, 3.8) is 0 Å². The number of para-hydroxylation sites is 1. The third-order valence-electron chi connectivity index (χ3n) is 4.73. The molecule has 0 aliphatic carbocycles. The zero-order chi connectivity index (χ0) is 19.9. The normalized spacial score (nSPS) is 22.6. The molecule has 2 N–H and O–H groups in total. The number of nitrogens with zero attached hydrogens (tertiary/aromatic N) is 3. The molecule has 8 nitrogen and oxygen atoms in total. The fourth-order valence-corrected chi connectivity index (χ4v) is 4.75. The first-order chi connectivity index (χ1) is 12.6. The van der Waals surface area contributed by atoms with E-state index in [1.165, 1.54) is 7.05 Å². The summed E-state index contributed by atoms with van der Waals surface area (Å²) in [7, 11) is -0.730. The Kier molecular flexibility index (Phi) is 5.51. The van der Waals surface area contributed by atoms with Crippen molar-refractivity contribution < 1.29 is 13.2 Å². The van der Waals surface area contributed by atoms with Crippen LogP contribution in [0.5, 0.6) is 0 Å². The van der Waals surface area contributed by atoms with Crippen molar-refractivity contribution in [2.75, 3.05) is 12.4 Å². The quantitative estimate of drug-likeness (QED) is 0.778. The maximum absolute atomic E-state index is 12.9. The highest BCUT2D eigenvalue weighted by molar-refractivity contribution is 7.87. The van der Waals surface area contributed by atoms with Gasteiger partial charge < -0.3 is 5.32 Å². The molecule has 0 spiro atoms. The third kappa shape index (κ3) is 3.83. The van der Waals surface area contributed by atoms with Crippen molar-refractivity contribution in [1.29, 1.82) is 0 Å². The van der Waals surface area contributed by atoms with Gasteiger partial charge in [0.25, 0.3) is 10.2 Å². The molecule has 11 heteroatoms. The molecule has 3 rings (SSSR count). The number of amides is 1. The Balaban J connectivity index is 1.91. The van der Waals surface area contributed by atoms with Crippen molar-refractivity contribution in [2.45, 2.75) is 25.4 Å². The summed E-state index contributed by atoms with van der Waals surface area (Å²) >= 11 is 12.2. The Morgan fingerprint density at radius 3 is 2.48 bits per heavy atom. The lowest BCUT2D eigenvalue weighted by Crippen LogP contribution is -2.56. The molecule has 1 aliphatic rings. The van der Waals surface area contributed by atoms with Gasteiger partial charge in [-0.15, -0.1) is 0 Å². The minimum absolute atomic E-state index is 0.232. The van der Waals surface area contributed by atoms with Crippen LogP contribution >= 0.6 is 23.2 Å². The van der Waals surface area contributed by atoms with E-state index in [4.69, 9.17) is 23.2 Å². The molecule has 1 saturated heterocycles. The van der Waals surface area contributed by atoms with Crippen LogP contribution in [-0.4, -0.2) is 41.5 Å². The van der Waals surface area contributed by atoms with E-state index in [-0.39, 0.29) is 22.2 Å². The number of rotatable bonds is 3. The van der Waals surface area contributed by atoms with E-state index in [0.29, 0.717) is 0 Å². The maximum atomic E-state index is 12.9. The molecule has 1 aromatic heterocycles. The highest BCUT2D eigenvalue weighted by Gasteiger charge is 2.41. The van der Waals surface area contributed by atoms with Gasteiger partial charge in [-0.25, -0.2) is 0 Å². The maximum Gasteiger partial charge on any atom is 0.280 e. The minimum Gasteiger partial charge on any atom is -0.322 e. The largest absolute Gasteiger partial charge is 0.322 e. The van der Waals surface area contributed by atoms with Crippen LogP contribution in [0.1, 0.15) is 23.7 Å². The standard InChI is InChI=1S/C16H19Cl2N5O3S/c1-9-10(8-19-22(9)2)13-7-14(23(3)27(25,26)21-13)16(24)20-15-11(17)5-4-6-12(15)18/h4-6,8,13-14,21H,7H2,1-3H3,(H,20,24). The molecule has 2 heterocycles. The Morgan fingerprint density at radius 2 is 1.93 bits per heavy atom. The molecule has 146 valence electrons. The number of likely N-dealkylation sites (N-methyl/N-ethyl adjacent to an activating group) is 1. The Morgan fingerprint density at radius 1 is 1.30 bits per heavy atom. The van der Waals surface area contributed by atoms with E-state index < -0.39 is 28.2 Å². The lowest BCUT2D eigenvalue weighted by Gasteiger charge is -2.36. The van der Waals surface area contributed by atoms with E-state index in [1.807, 2.05) is 6.92 Å². The molecule has 1 amide bonds. The number of hydrogen-bond donors (Lipinski definition) is 2. The van der Waals surface area contributed by atoms with E-state index in [2.05, 4.69) is 15.1 Å². The van der Waals surface area contributed by atoms with Gasteiger partial charge >= 0.3 is 0 Å². The number of hydrogen-bond acceptors (Lipinski definition) is 4. The van der Waals surface area contributed by atoms with Crippen molar-refractivity contribution in [3.05, 3.63) is 45.7 Å². The molecule has 2 unspecified atom stereocenters. The summed E-state index contributed by atoms with van der Waals surface area (Å²) in [6.45, 7) is 1.84. The lowest BCUT2D eigenvalue weighted by molar-refractivity contribution is -0.120. The molecule has 1 fully saturated rings. The molecule has 0 saturated carbocycles. The smallest absolute Gasteiger partial charge is 0.280 e. The molecule has 1 aromatic carbocycles. The van der Waals surface area contributed by atoms with Crippen LogP contribution in [0.2, 0.25) is 10.0 Å². The fourth-order valence-electron chi connectivity index (χ4n) is 2.99. The predicted molar refractivity (Wildman–Crippen MR) is 104 cm³/mol. The van der Waals surface area contributed by atoms with Crippen molar-refractivity contribution >= 4 is 45.0 Å². The van der Waals surface area contributed by atoms with Gasteiger partial charge in [0.2, 0.25) is 5.91 Å². The molecular weight excluding hydrogens is 413 g/mol. The first-order valence-electron chi connectivity index (χ1n) is 8.10. The highest BCUT2D eigenvalue weighted by atomic mass is 35.5. The second kappa shape index (κ2) is 7.40. The monoisotopic (exact) mass is 431 g/mol. The third-order valence-corrected chi connectivity index (χ3v) is 6.96. The number of carbonyl (C=O) groups is 1. The van der Waals surface area contributed by atoms with E-state index in [9.17, 15) is 13.2 Å². The zero-order valence-corrected chi connectivity index (χ0v) is 17.2. The van der Waals surface area contributed by atoms with E-state index >= 15 is 0 Å². The topological polar surface area (TPSA) is 96.3 Å². The summed E-state index contributed by atoms with van der Waals surface area (Å²) < 4.78 is 30.3. The van der Waals surface area contributed by atoms with Gasteiger partial charge in [-0.2, -0.15) is 22.5 Å². The Labute approximate surface area is 167 Å². The second-order valence-electron chi connectivity index (χ2n) is 6.34. The Bertz CT molecular complexity index is 972. The number of halogens is 2. The average Bonchev–Trinajstić information content (AvgIpc) is 2.92. The van der Waals surface area contributed by atoms with Gasteiger partial charge in [-0.1, -0.05) is 29.3 Å². The minimum atomic E-state index is -3.85. The van der Waals surface area contributed by atoms with Crippen molar-refractivity contribution in [3.8, 4) is 0 Å². The summed E-state index contributed by atoms with van der Waals surface area (Å²) in [6.07, 6.45) is 1.84. The molecule has 2 atom stereocenters. The van der Waals surface area contributed by atoms with Crippen LogP contribution < -0.4 is 10.0 Å². The van der Waals surface area contributed by atoms with Gasteiger partial charge in [0.15, 0.2) is 0 Å². The van der Waals surface area contributed by atoms with Crippen LogP contribution in [0.15, 0.2) is 24.4 Å². The van der Waals surface area contributed by atoms with Gasteiger partial charge in [-0.05, 0) is 25.5 Å². The molecule has 0 radical (unpaired) electrons. The van der Waals surface area contributed by atoms with Gasteiger partial charge in [0.05, 0.1) is 28.0 Å². The van der Waals surface area contributed by atoms with Gasteiger partial charge in [0, 0.05) is 25.4 Å². The van der Waals surface area contributed by atoms with Crippen molar-refractivity contribution in [2.24, 2.45) is 7.05 Å². The van der Waals surface area contributed by atoms with Crippen molar-refractivity contribution in [1.82, 2.24) is 18.8 Å². The first-order valence-corrected chi connectivity index (χ1v) is 10.3. The summed E-state index contributed by atoms with van der Waals surface area (Å²) in [5.41, 5.74) is 1.80. The second-order valence-corrected chi connectivity index (χ2v) is 8.91. The number of anilines is 1. The van der Waals surface area contributed by atoms with Crippen LogP contribution in [-0.2, 0) is 22.1 Å². The Hall–Kier alpha value is -1.65. The summed E-state index contributed by atoms with van der Waals surface area (Å²) in [6, 6.07) is 3.33. The summed E-state index contributed by atoms with van der Waals surface area (Å²) in [5.74, 6) is -0.510. The summed E-state index contributed by atoms with van der Waals surface area (Å²) in [5, 5.41) is 7.35. The lowest BCUT2D eigenvalue weighted by atomic mass is 10.00. The molecular formula is C16H19Cl2N5O3S. The molecule has 1 aliphatic heterocycles. The number of aromatic nitrogens is 2. The number of benzene rings is 1. The molecule has 2 aromatic rings. The summed E-state index contributed by atoms with van der Waals surface area (Å²) in [4.78, 5) is 12.9. The van der Waals surface area contributed by atoms with Crippen LogP contribution in [0.3, 0.4) is 0 Å². The van der Waals surface area contributed by atoms with Crippen LogP contribution in [0.25, 0.3) is 0 Å². The van der Waals surface area contributed by atoms with E-state index in [0.717, 1.165) is 15.6 Å². The van der Waals surface area contributed by atoms with Gasteiger partial charge in [0.1, 0.15) is 6.04 Å². The predicted octanol–water partition coefficient (Wildman–Crippen LogP) is 2.25. The SMILES string of the molecule is Cc1c(C2CC(C(=O)Nc3c(Cl)cccc3Cl)N(C)S(=O)(=O)N2)cnn1C. The molecule has 0 bridgehead atoms. The average molecular weight is 432 g/mol. The van der Waals surface area contributed by atoms with E-state index in [1.54, 1.807) is 36.1 Å². The molecule has 27 heavy (non-hydrogen) atoms. The van der Waals surface area contributed by atoms with Gasteiger partial charge in [-0.3, -0.25) is 9.48 Å². The first kappa shape index (κ1) is 20.1. The van der Waals surface area contributed by atoms with Crippen LogP contribution in [0, 0.1) is 6.92 Å². The number of aryl methyl sites for hydroxylation is 1. The fraction of sp³-hybridized carbons (Fsp3) is 0.375. The number of carbonyl (C=O) groups excluding carboxylic acids is 1. The number of nitrogens with one attached hydrogen (secondary N) is 2.